The SMILES string of the molecule is CCOC(=O)c1ccc(NCc2cccc(OC)c2OC)nc1. The third-order valence-electron chi connectivity index (χ3n) is 3.22. The van der Waals surface area contributed by atoms with Crippen LogP contribution in [0.3, 0.4) is 0 Å². The fraction of sp³-hybridized carbons (Fsp3) is 0.294. The van der Waals surface area contributed by atoms with Gasteiger partial charge in [0.1, 0.15) is 5.82 Å². The molecule has 0 radical (unpaired) electrons. The smallest absolute Gasteiger partial charge is 0.339 e. The van der Waals surface area contributed by atoms with Crippen molar-refractivity contribution < 1.29 is 19.0 Å². The Hall–Kier alpha value is -2.76. The standard InChI is InChI=1S/C17H20N2O4/c1-4-23-17(20)13-8-9-15(19-11-13)18-10-12-6-5-7-14(21-2)16(12)22-3/h5-9,11H,4,10H2,1-3H3,(H,18,19). The van der Waals surface area contributed by atoms with E-state index in [2.05, 4.69) is 10.3 Å². The van der Waals surface area contributed by atoms with Crippen molar-refractivity contribution >= 4 is 11.8 Å². The van der Waals surface area contributed by atoms with E-state index in [4.69, 9.17) is 14.2 Å². The van der Waals surface area contributed by atoms with Crippen molar-refractivity contribution in [3.05, 3.63) is 47.7 Å². The van der Waals surface area contributed by atoms with Crippen LogP contribution in [-0.4, -0.2) is 31.8 Å². The highest BCUT2D eigenvalue weighted by Gasteiger charge is 2.10. The van der Waals surface area contributed by atoms with E-state index in [1.165, 1.54) is 6.20 Å². The minimum absolute atomic E-state index is 0.342. The molecule has 0 unspecified atom stereocenters. The maximum Gasteiger partial charge on any atom is 0.339 e. The van der Waals surface area contributed by atoms with Crippen LogP contribution in [0.2, 0.25) is 0 Å². The van der Waals surface area contributed by atoms with Gasteiger partial charge in [0.15, 0.2) is 11.5 Å². The van der Waals surface area contributed by atoms with Crippen LogP contribution >= 0.6 is 0 Å². The molecule has 6 nitrogen and oxygen atoms in total. The topological polar surface area (TPSA) is 69.7 Å². The van der Waals surface area contributed by atoms with E-state index in [9.17, 15) is 4.79 Å². The number of carbonyl (C=O) groups is 1. The van der Waals surface area contributed by atoms with E-state index < -0.39 is 0 Å². The summed E-state index contributed by atoms with van der Waals surface area (Å²) in [4.78, 5) is 15.8. The van der Waals surface area contributed by atoms with Crippen molar-refractivity contribution in [3.63, 3.8) is 0 Å². The molecule has 0 spiro atoms. The summed E-state index contributed by atoms with van der Waals surface area (Å²) in [6.07, 6.45) is 1.49. The van der Waals surface area contributed by atoms with Gasteiger partial charge in [-0.15, -0.1) is 0 Å². The predicted molar refractivity (Wildman–Crippen MR) is 87.1 cm³/mol. The number of hydrogen-bond donors (Lipinski definition) is 1. The molecule has 0 atom stereocenters. The summed E-state index contributed by atoms with van der Waals surface area (Å²) >= 11 is 0. The molecule has 0 fully saturated rings. The van der Waals surface area contributed by atoms with Crippen LogP contribution in [-0.2, 0) is 11.3 Å². The second kappa shape index (κ2) is 8.03. The van der Waals surface area contributed by atoms with E-state index in [1.54, 1.807) is 33.3 Å². The molecule has 122 valence electrons. The van der Waals surface area contributed by atoms with Crippen molar-refractivity contribution in [2.75, 3.05) is 26.1 Å². The number of esters is 1. The van der Waals surface area contributed by atoms with Gasteiger partial charge in [0.05, 0.1) is 26.4 Å². The first kappa shape index (κ1) is 16.6. The van der Waals surface area contributed by atoms with E-state index in [0.717, 1.165) is 5.56 Å². The summed E-state index contributed by atoms with van der Waals surface area (Å²) in [7, 11) is 3.21. The maximum atomic E-state index is 11.6. The number of pyridine rings is 1. The predicted octanol–water partition coefficient (Wildman–Crippen LogP) is 2.89. The van der Waals surface area contributed by atoms with Gasteiger partial charge in [0.2, 0.25) is 0 Å². The number of methoxy groups -OCH3 is 2. The molecule has 0 saturated carbocycles. The van der Waals surface area contributed by atoms with Crippen molar-refractivity contribution in [1.29, 1.82) is 0 Å². The van der Waals surface area contributed by atoms with Crippen molar-refractivity contribution in [2.45, 2.75) is 13.5 Å². The Bertz CT molecular complexity index is 656. The molecule has 23 heavy (non-hydrogen) atoms. The molecule has 1 heterocycles. The fourth-order valence-corrected chi connectivity index (χ4v) is 2.11. The zero-order valence-electron chi connectivity index (χ0n) is 13.5. The Morgan fingerprint density at radius 1 is 1.17 bits per heavy atom. The molecule has 0 saturated heterocycles. The Kier molecular flexibility index (Phi) is 5.80. The number of para-hydroxylation sites is 1. The van der Waals surface area contributed by atoms with Gasteiger partial charge < -0.3 is 19.5 Å². The lowest BCUT2D eigenvalue weighted by Gasteiger charge is -2.13. The summed E-state index contributed by atoms with van der Waals surface area (Å²) in [5.41, 5.74) is 1.37. The largest absolute Gasteiger partial charge is 0.493 e. The highest BCUT2D eigenvalue weighted by atomic mass is 16.5. The Balaban J connectivity index is 2.05. The minimum Gasteiger partial charge on any atom is -0.493 e. The van der Waals surface area contributed by atoms with E-state index in [1.807, 2.05) is 18.2 Å². The molecule has 0 aliphatic carbocycles. The van der Waals surface area contributed by atoms with Crippen LogP contribution in [0.5, 0.6) is 11.5 Å². The number of rotatable bonds is 7. The molecule has 0 aliphatic heterocycles. The number of benzene rings is 1. The lowest BCUT2D eigenvalue weighted by Crippen LogP contribution is -2.07. The molecular formula is C17H20N2O4. The first-order valence-corrected chi connectivity index (χ1v) is 7.26. The van der Waals surface area contributed by atoms with Crippen molar-refractivity contribution in [2.24, 2.45) is 0 Å². The molecule has 1 N–H and O–H groups in total. The summed E-state index contributed by atoms with van der Waals surface area (Å²) in [5.74, 6) is 1.65. The van der Waals surface area contributed by atoms with Gasteiger partial charge in [0.25, 0.3) is 0 Å². The third kappa shape index (κ3) is 4.12. The Labute approximate surface area is 135 Å². The molecule has 0 amide bonds. The van der Waals surface area contributed by atoms with Crippen LogP contribution in [0.1, 0.15) is 22.8 Å². The first-order valence-electron chi connectivity index (χ1n) is 7.26. The van der Waals surface area contributed by atoms with Crippen LogP contribution in [0.15, 0.2) is 36.5 Å². The minimum atomic E-state index is -0.374. The molecule has 1 aromatic heterocycles. The number of ether oxygens (including phenoxy) is 3. The number of carbonyl (C=O) groups excluding carboxylic acids is 1. The zero-order valence-corrected chi connectivity index (χ0v) is 13.5. The summed E-state index contributed by atoms with van der Waals surface area (Å²) in [6, 6.07) is 9.10. The lowest BCUT2D eigenvalue weighted by molar-refractivity contribution is 0.0526. The molecule has 1 aromatic carbocycles. The fourth-order valence-electron chi connectivity index (χ4n) is 2.11. The van der Waals surface area contributed by atoms with Gasteiger partial charge in [-0.2, -0.15) is 0 Å². The highest BCUT2D eigenvalue weighted by molar-refractivity contribution is 5.89. The third-order valence-corrected chi connectivity index (χ3v) is 3.22. The molecular weight excluding hydrogens is 296 g/mol. The van der Waals surface area contributed by atoms with E-state index in [0.29, 0.717) is 36.0 Å². The normalized spacial score (nSPS) is 10.0. The van der Waals surface area contributed by atoms with Crippen LogP contribution < -0.4 is 14.8 Å². The quantitative estimate of drug-likeness (QED) is 0.792. The number of aromatic nitrogens is 1. The van der Waals surface area contributed by atoms with Gasteiger partial charge in [-0.05, 0) is 25.1 Å². The van der Waals surface area contributed by atoms with Crippen LogP contribution in [0.4, 0.5) is 5.82 Å². The number of hydrogen-bond acceptors (Lipinski definition) is 6. The summed E-state index contributed by atoms with van der Waals surface area (Å²) in [6.45, 7) is 2.63. The molecule has 0 bridgehead atoms. The number of anilines is 1. The van der Waals surface area contributed by atoms with Gasteiger partial charge >= 0.3 is 5.97 Å². The van der Waals surface area contributed by atoms with Gasteiger partial charge in [-0.3, -0.25) is 0 Å². The van der Waals surface area contributed by atoms with Gasteiger partial charge in [-0.25, -0.2) is 9.78 Å². The van der Waals surface area contributed by atoms with Crippen molar-refractivity contribution in [3.8, 4) is 11.5 Å². The second-order valence-corrected chi connectivity index (χ2v) is 4.66. The van der Waals surface area contributed by atoms with Crippen LogP contribution in [0.25, 0.3) is 0 Å². The lowest BCUT2D eigenvalue weighted by atomic mass is 10.2. The average Bonchev–Trinajstić information content (AvgIpc) is 2.60. The Morgan fingerprint density at radius 3 is 2.61 bits per heavy atom. The van der Waals surface area contributed by atoms with Crippen LogP contribution in [0, 0.1) is 0 Å². The summed E-state index contributed by atoms with van der Waals surface area (Å²) in [5, 5.41) is 3.19. The average molecular weight is 316 g/mol. The number of nitrogens with zero attached hydrogens (tertiary/aromatic N) is 1. The maximum absolute atomic E-state index is 11.6. The van der Waals surface area contributed by atoms with Crippen molar-refractivity contribution in [1.82, 2.24) is 4.98 Å². The zero-order chi connectivity index (χ0) is 16.7. The highest BCUT2D eigenvalue weighted by Crippen LogP contribution is 2.30. The monoisotopic (exact) mass is 316 g/mol. The molecule has 0 aliphatic rings. The van der Waals surface area contributed by atoms with E-state index in [-0.39, 0.29) is 5.97 Å². The molecule has 6 heteroatoms. The van der Waals surface area contributed by atoms with E-state index >= 15 is 0 Å². The summed E-state index contributed by atoms with van der Waals surface area (Å²) < 4.78 is 15.6. The first-order chi connectivity index (χ1) is 11.2. The van der Waals surface area contributed by atoms with Gasteiger partial charge in [0, 0.05) is 18.3 Å². The molecule has 2 aromatic rings. The van der Waals surface area contributed by atoms with Gasteiger partial charge in [-0.1, -0.05) is 12.1 Å². The number of nitrogens with one attached hydrogen (secondary N) is 1. The Morgan fingerprint density at radius 2 is 2.00 bits per heavy atom. The second-order valence-electron chi connectivity index (χ2n) is 4.66. The molecule has 2 rings (SSSR count).